The lowest BCUT2D eigenvalue weighted by Gasteiger charge is -2.23. The van der Waals surface area contributed by atoms with Crippen molar-refractivity contribution in [1.29, 1.82) is 0 Å². The van der Waals surface area contributed by atoms with Gasteiger partial charge in [0, 0.05) is 30.9 Å². The van der Waals surface area contributed by atoms with Crippen LogP contribution in [0.2, 0.25) is 0 Å². The number of nitrogens with zero attached hydrogens (tertiary/aromatic N) is 3. The molecule has 0 radical (unpaired) electrons. The lowest BCUT2D eigenvalue weighted by Crippen LogP contribution is -2.39. The van der Waals surface area contributed by atoms with E-state index in [1.807, 2.05) is 16.6 Å². The first-order chi connectivity index (χ1) is 12.2. The fourth-order valence-electron chi connectivity index (χ4n) is 4.00. The van der Waals surface area contributed by atoms with Gasteiger partial charge in [-0.25, -0.2) is 4.68 Å². The van der Waals surface area contributed by atoms with Gasteiger partial charge >= 0.3 is 0 Å². The van der Waals surface area contributed by atoms with Crippen molar-refractivity contribution in [2.45, 2.75) is 45.1 Å². The molecule has 6 heteroatoms. The molecule has 1 aliphatic heterocycles. The van der Waals surface area contributed by atoms with E-state index in [9.17, 15) is 4.79 Å². The molecular weight excluding hydrogens is 348 g/mol. The molecule has 1 aromatic carbocycles. The highest BCUT2D eigenvalue weighted by molar-refractivity contribution is 5.94. The lowest BCUT2D eigenvalue weighted by atomic mass is 10.1. The number of nitrogens with one attached hydrogen (secondary N) is 1. The third-order valence-electron chi connectivity index (χ3n) is 5.62. The fraction of sp³-hybridized carbons (Fsp3) is 0.500. The summed E-state index contributed by atoms with van der Waals surface area (Å²) in [5.41, 5.74) is 5.39. The molecule has 1 aliphatic carbocycles. The van der Waals surface area contributed by atoms with Crippen LogP contribution < -0.4 is 5.32 Å². The summed E-state index contributed by atoms with van der Waals surface area (Å²) in [6.07, 6.45) is 5.11. The number of aryl methyl sites for hydroxylation is 1. The summed E-state index contributed by atoms with van der Waals surface area (Å²) in [6, 6.07) is 8.80. The monoisotopic (exact) mass is 374 g/mol. The molecule has 2 heterocycles. The second kappa shape index (κ2) is 7.80. The maximum Gasteiger partial charge on any atom is 0.274 e. The molecule has 0 bridgehead atoms. The summed E-state index contributed by atoms with van der Waals surface area (Å²) in [7, 11) is 1.91. The van der Waals surface area contributed by atoms with Crippen LogP contribution >= 0.6 is 12.4 Å². The third kappa shape index (κ3) is 3.26. The van der Waals surface area contributed by atoms with Gasteiger partial charge in [-0.05, 0) is 56.3 Å². The second-order valence-corrected chi connectivity index (χ2v) is 7.12. The van der Waals surface area contributed by atoms with Crippen molar-refractivity contribution >= 4 is 18.3 Å². The van der Waals surface area contributed by atoms with Gasteiger partial charge < -0.3 is 10.2 Å². The highest BCUT2D eigenvalue weighted by Crippen LogP contribution is 2.29. The Morgan fingerprint density at radius 3 is 2.73 bits per heavy atom. The van der Waals surface area contributed by atoms with E-state index in [0.717, 1.165) is 56.4 Å². The Morgan fingerprint density at radius 2 is 2.08 bits per heavy atom. The first kappa shape index (κ1) is 18.9. The van der Waals surface area contributed by atoms with Crippen molar-refractivity contribution < 1.29 is 4.79 Å². The van der Waals surface area contributed by atoms with Gasteiger partial charge in [0.15, 0.2) is 5.69 Å². The molecule has 2 aliphatic rings. The number of hydrogen-bond acceptors (Lipinski definition) is 3. The first-order valence-corrected chi connectivity index (χ1v) is 9.37. The van der Waals surface area contributed by atoms with Crippen LogP contribution in [0.5, 0.6) is 0 Å². The van der Waals surface area contributed by atoms with Crippen LogP contribution in [0, 0.1) is 0 Å². The van der Waals surface area contributed by atoms with E-state index in [2.05, 4.69) is 36.5 Å². The number of fused-ring (bicyclic) bond motifs is 1. The number of likely N-dealkylation sites (N-methyl/N-ethyl adjacent to an activating group) is 1. The minimum Gasteiger partial charge on any atom is -0.336 e. The van der Waals surface area contributed by atoms with Gasteiger partial charge in [-0.1, -0.05) is 19.1 Å². The smallest absolute Gasteiger partial charge is 0.274 e. The van der Waals surface area contributed by atoms with E-state index in [1.165, 1.54) is 11.3 Å². The zero-order valence-corrected chi connectivity index (χ0v) is 16.3. The topological polar surface area (TPSA) is 50.2 Å². The van der Waals surface area contributed by atoms with Gasteiger partial charge in [-0.2, -0.15) is 5.10 Å². The summed E-state index contributed by atoms with van der Waals surface area (Å²) in [5, 5.41) is 8.09. The molecule has 1 amide bonds. The van der Waals surface area contributed by atoms with Crippen molar-refractivity contribution in [1.82, 2.24) is 20.0 Å². The van der Waals surface area contributed by atoms with Gasteiger partial charge in [0.25, 0.3) is 5.91 Å². The van der Waals surface area contributed by atoms with E-state index in [-0.39, 0.29) is 24.4 Å². The Hall–Kier alpha value is -1.85. The zero-order chi connectivity index (χ0) is 17.4. The van der Waals surface area contributed by atoms with Crippen molar-refractivity contribution in [3.63, 3.8) is 0 Å². The van der Waals surface area contributed by atoms with Gasteiger partial charge in [0.05, 0.1) is 5.69 Å². The standard InChI is InChI=1S/C20H26N4O.ClH/c1-3-14-7-9-15(10-8-14)24-18-6-4-5-17(18)19(22-24)20(25)23(2)16-11-12-21-13-16;/h7-10,16,21H,3-6,11-13H2,1-2H3;1H. The maximum absolute atomic E-state index is 13.1. The Balaban J connectivity index is 0.00000196. The number of rotatable bonds is 4. The van der Waals surface area contributed by atoms with E-state index in [4.69, 9.17) is 5.10 Å². The molecule has 26 heavy (non-hydrogen) atoms. The molecule has 1 fully saturated rings. The molecule has 1 N–H and O–H groups in total. The van der Waals surface area contributed by atoms with Crippen LogP contribution in [0.4, 0.5) is 0 Å². The zero-order valence-electron chi connectivity index (χ0n) is 15.5. The van der Waals surface area contributed by atoms with Crippen LogP contribution in [0.3, 0.4) is 0 Å². The average molecular weight is 375 g/mol. The van der Waals surface area contributed by atoms with Gasteiger partial charge in [0.1, 0.15) is 0 Å². The average Bonchev–Trinajstić information content (AvgIpc) is 3.37. The quantitative estimate of drug-likeness (QED) is 0.895. The minimum atomic E-state index is 0. The molecule has 2 aromatic rings. The highest BCUT2D eigenvalue weighted by Gasteiger charge is 2.31. The number of carbonyl (C=O) groups is 1. The number of carbonyl (C=O) groups excluding carboxylic acids is 1. The van der Waals surface area contributed by atoms with Crippen LogP contribution in [-0.4, -0.2) is 46.8 Å². The predicted molar refractivity (Wildman–Crippen MR) is 106 cm³/mol. The van der Waals surface area contributed by atoms with Gasteiger partial charge in [-0.3, -0.25) is 4.79 Å². The van der Waals surface area contributed by atoms with Crippen molar-refractivity contribution in [3.05, 3.63) is 46.8 Å². The number of benzene rings is 1. The van der Waals surface area contributed by atoms with E-state index in [0.29, 0.717) is 5.69 Å². The normalized spacial score (nSPS) is 18.5. The lowest BCUT2D eigenvalue weighted by molar-refractivity contribution is 0.0736. The van der Waals surface area contributed by atoms with Crippen molar-refractivity contribution in [3.8, 4) is 5.69 Å². The van der Waals surface area contributed by atoms with Crippen LogP contribution in [0.25, 0.3) is 5.69 Å². The summed E-state index contributed by atoms with van der Waals surface area (Å²) in [6.45, 7) is 4.02. The van der Waals surface area contributed by atoms with Crippen molar-refractivity contribution in [2.24, 2.45) is 0 Å². The van der Waals surface area contributed by atoms with Crippen LogP contribution in [0.15, 0.2) is 24.3 Å². The number of amides is 1. The van der Waals surface area contributed by atoms with Gasteiger partial charge in [0.2, 0.25) is 0 Å². The molecule has 4 rings (SSSR count). The Kier molecular flexibility index (Phi) is 5.68. The molecule has 5 nitrogen and oxygen atoms in total. The van der Waals surface area contributed by atoms with Crippen molar-refractivity contribution in [2.75, 3.05) is 20.1 Å². The fourth-order valence-corrected chi connectivity index (χ4v) is 4.00. The Morgan fingerprint density at radius 1 is 1.31 bits per heavy atom. The van der Waals surface area contributed by atoms with Gasteiger partial charge in [-0.15, -0.1) is 12.4 Å². The van der Waals surface area contributed by atoms with Crippen LogP contribution in [-0.2, 0) is 19.3 Å². The van der Waals surface area contributed by atoms with E-state index in [1.54, 1.807) is 0 Å². The highest BCUT2D eigenvalue weighted by atomic mass is 35.5. The minimum absolute atomic E-state index is 0. The summed E-state index contributed by atoms with van der Waals surface area (Å²) < 4.78 is 2.00. The Labute approximate surface area is 161 Å². The molecule has 1 unspecified atom stereocenters. The number of aromatic nitrogens is 2. The molecule has 140 valence electrons. The predicted octanol–water partition coefficient (Wildman–Crippen LogP) is 2.78. The maximum atomic E-state index is 13.1. The molecule has 1 saturated heterocycles. The second-order valence-electron chi connectivity index (χ2n) is 7.12. The molecule has 1 aromatic heterocycles. The molecule has 0 spiro atoms. The largest absolute Gasteiger partial charge is 0.336 e. The number of halogens is 1. The summed E-state index contributed by atoms with van der Waals surface area (Å²) >= 11 is 0. The van der Waals surface area contributed by atoms with E-state index >= 15 is 0 Å². The SMILES string of the molecule is CCc1ccc(-n2nc(C(=O)N(C)C3CCNC3)c3c2CCC3)cc1.Cl. The van der Waals surface area contributed by atoms with Crippen LogP contribution in [0.1, 0.15) is 47.1 Å². The number of hydrogen-bond donors (Lipinski definition) is 1. The third-order valence-corrected chi connectivity index (χ3v) is 5.62. The summed E-state index contributed by atoms with van der Waals surface area (Å²) in [4.78, 5) is 14.9. The Bertz CT molecular complexity index is 778. The first-order valence-electron chi connectivity index (χ1n) is 9.37. The van der Waals surface area contributed by atoms with E-state index < -0.39 is 0 Å². The molecule has 0 saturated carbocycles. The molecular formula is C20H27ClN4O. The summed E-state index contributed by atoms with van der Waals surface area (Å²) in [5.74, 6) is 0.0655. The molecule has 1 atom stereocenters.